The van der Waals surface area contributed by atoms with Crippen LogP contribution in [-0.2, 0) is 25.7 Å². The van der Waals surface area contributed by atoms with Crippen molar-refractivity contribution in [2.75, 3.05) is 6.54 Å². The van der Waals surface area contributed by atoms with E-state index >= 15 is 0 Å². The van der Waals surface area contributed by atoms with E-state index in [2.05, 4.69) is 5.32 Å². The number of amides is 2. The molecule has 0 aromatic heterocycles. The number of nitrogens with one attached hydrogen (secondary N) is 1. The van der Waals surface area contributed by atoms with E-state index in [1.807, 2.05) is 51.1 Å². The standard InChI is InChI=1S/C22H33N3O5/c1-20(2,3)25-13-12-16(24-19(28)30-21(4,5)6)22(25,17(23)26)18(27)29-14-15-10-8-7-9-11-15/h7-11,16H,12-14H2,1-6H3,(H2,23,26)(H,24,28)/t16?,22-/m0/s1. The van der Waals surface area contributed by atoms with Gasteiger partial charge in [-0.3, -0.25) is 9.69 Å². The van der Waals surface area contributed by atoms with Gasteiger partial charge in [0.15, 0.2) is 0 Å². The minimum atomic E-state index is -1.84. The number of primary amides is 1. The Morgan fingerprint density at radius 3 is 2.23 bits per heavy atom. The van der Waals surface area contributed by atoms with Gasteiger partial charge in [-0.05, 0) is 53.5 Å². The van der Waals surface area contributed by atoms with Crippen LogP contribution in [0.4, 0.5) is 4.79 Å². The lowest BCUT2D eigenvalue weighted by molar-refractivity contribution is -0.167. The van der Waals surface area contributed by atoms with Crippen LogP contribution in [0.3, 0.4) is 0 Å². The summed E-state index contributed by atoms with van der Waals surface area (Å²) in [7, 11) is 0. The van der Waals surface area contributed by atoms with Crippen molar-refractivity contribution in [3.63, 3.8) is 0 Å². The van der Waals surface area contributed by atoms with Crippen molar-refractivity contribution in [1.29, 1.82) is 0 Å². The number of nitrogens with two attached hydrogens (primary N) is 1. The van der Waals surface area contributed by atoms with E-state index < -0.39 is 40.7 Å². The average molecular weight is 420 g/mol. The number of rotatable bonds is 5. The fourth-order valence-electron chi connectivity index (χ4n) is 3.81. The molecule has 30 heavy (non-hydrogen) atoms. The summed E-state index contributed by atoms with van der Waals surface area (Å²) in [4.78, 5) is 40.3. The van der Waals surface area contributed by atoms with Gasteiger partial charge in [0.05, 0.1) is 6.04 Å². The molecule has 1 aliphatic rings. The van der Waals surface area contributed by atoms with Crippen molar-refractivity contribution in [1.82, 2.24) is 10.2 Å². The van der Waals surface area contributed by atoms with Gasteiger partial charge in [0.2, 0.25) is 5.54 Å². The normalized spacial score (nSPS) is 22.4. The molecule has 1 saturated heterocycles. The molecule has 2 atom stereocenters. The summed E-state index contributed by atoms with van der Waals surface area (Å²) in [6.45, 7) is 11.2. The van der Waals surface area contributed by atoms with Gasteiger partial charge in [0, 0.05) is 12.1 Å². The molecule has 2 amide bonds. The molecule has 1 unspecified atom stereocenters. The van der Waals surface area contributed by atoms with E-state index in [1.54, 1.807) is 25.7 Å². The summed E-state index contributed by atoms with van der Waals surface area (Å²) in [6, 6.07) is 8.27. The van der Waals surface area contributed by atoms with Crippen molar-refractivity contribution in [2.45, 2.75) is 77.3 Å². The van der Waals surface area contributed by atoms with Crippen molar-refractivity contribution in [2.24, 2.45) is 5.73 Å². The number of nitrogens with zero attached hydrogens (tertiary/aromatic N) is 1. The Morgan fingerprint density at radius 1 is 1.13 bits per heavy atom. The first-order valence-electron chi connectivity index (χ1n) is 10.1. The van der Waals surface area contributed by atoms with E-state index in [4.69, 9.17) is 15.2 Å². The molecule has 8 nitrogen and oxygen atoms in total. The molecule has 0 radical (unpaired) electrons. The molecule has 1 heterocycles. The second-order valence-corrected chi connectivity index (χ2v) is 9.50. The maximum atomic E-state index is 13.4. The van der Waals surface area contributed by atoms with E-state index in [-0.39, 0.29) is 6.61 Å². The van der Waals surface area contributed by atoms with Crippen LogP contribution < -0.4 is 11.1 Å². The third-order valence-corrected chi connectivity index (χ3v) is 4.97. The van der Waals surface area contributed by atoms with Crippen molar-refractivity contribution < 1.29 is 23.9 Å². The Kier molecular flexibility index (Phi) is 6.81. The topological polar surface area (TPSA) is 111 Å². The fourth-order valence-corrected chi connectivity index (χ4v) is 3.81. The predicted octanol–water partition coefficient (Wildman–Crippen LogP) is 2.35. The number of ether oxygens (including phenoxy) is 2. The van der Waals surface area contributed by atoms with Crippen LogP contribution in [0.5, 0.6) is 0 Å². The van der Waals surface area contributed by atoms with Crippen molar-refractivity contribution in [3.05, 3.63) is 35.9 Å². The summed E-state index contributed by atoms with van der Waals surface area (Å²) < 4.78 is 10.9. The van der Waals surface area contributed by atoms with Gasteiger partial charge in [-0.25, -0.2) is 9.59 Å². The second-order valence-electron chi connectivity index (χ2n) is 9.50. The number of likely N-dealkylation sites (tertiary alicyclic amines) is 1. The summed E-state index contributed by atoms with van der Waals surface area (Å²) >= 11 is 0. The maximum absolute atomic E-state index is 13.4. The van der Waals surface area contributed by atoms with Gasteiger partial charge in [-0.15, -0.1) is 0 Å². The molecular weight excluding hydrogens is 386 g/mol. The number of carbonyl (C=O) groups excluding carboxylic acids is 3. The van der Waals surface area contributed by atoms with Crippen LogP contribution in [-0.4, -0.2) is 52.1 Å². The van der Waals surface area contributed by atoms with Crippen LogP contribution in [0.2, 0.25) is 0 Å². The highest BCUT2D eigenvalue weighted by atomic mass is 16.6. The van der Waals surface area contributed by atoms with Gasteiger partial charge >= 0.3 is 12.1 Å². The highest BCUT2D eigenvalue weighted by Gasteiger charge is 2.63. The first-order valence-corrected chi connectivity index (χ1v) is 10.1. The number of hydrogen-bond donors (Lipinski definition) is 2. The molecule has 1 aromatic carbocycles. The number of hydrogen-bond acceptors (Lipinski definition) is 6. The summed E-state index contributed by atoms with van der Waals surface area (Å²) in [5, 5.41) is 2.68. The minimum absolute atomic E-state index is 0.00809. The van der Waals surface area contributed by atoms with E-state index in [0.29, 0.717) is 13.0 Å². The lowest BCUT2D eigenvalue weighted by atomic mass is 9.86. The molecule has 1 fully saturated rings. The quantitative estimate of drug-likeness (QED) is 0.560. The zero-order valence-corrected chi connectivity index (χ0v) is 18.7. The highest BCUT2D eigenvalue weighted by molar-refractivity contribution is 6.08. The first kappa shape index (κ1) is 23.7. The second kappa shape index (κ2) is 8.63. The Labute approximate surface area is 178 Å². The zero-order chi connectivity index (χ0) is 22.7. The fraction of sp³-hybridized carbons (Fsp3) is 0.591. The monoisotopic (exact) mass is 419 g/mol. The largest absolute Gasteiger partial charge is 0.459 e. The molecule has 0 bridgehead atoms. The van der Waals surface area contributed by atoms with E-state index in [1.165, 1.54) is 0 Å². The Bertz CT molecular complexity index is 782. The van der Waals surface area contributed by atoms with Crippen LogP contribution in [0.15, 0.2) is 30.3 Å². The average Bonchev–Trinajstić information content (AvgIpc) is 2.99. The number of alkyl carbamates (subject to hydrolysis) is 1. The molecule has 2 rings (SSSR count). The van der Waals surface area contributed by atoms with Gasteiger partial charge in [0.1, 0.15) is 12.2 Å². The smallest absolute Gasteiger partial charge is 0.407 e. The summed E-state index contributed by atoms with van der Waals surface area (Å²) in [5.74, 6) is -1.65. The highest BCUT2D eigenvalue weighted by Crippen LogP contribution is 2.37. The van der Waals surface area contributed by atoms with Gasteiger partial charge in [0.25, 0.3) is 5.91 Å². The molecular formula is C22H33N3O5. The Balaban J connectivity index is 2.36. The molecule has 1 aliphatic heterocycles. The molecule has 0 aliphatic carbocycles. The summed E-state index contributed by atoms with van der Waals surface area (Å²) in [6.07, 6.45) is -0.371. The zero-order valence-electron chi connectivity index (χ0n) is 18.7. The van der Waals surface area contributed by atoms with Crippen molar-refractivity contribution in [3.8, 4) is 0 Å². The van der Waals surface area contributed by atoms with Crippen LogP contribution in [0.25, 0.3) is 0 Å². The molecule has 0 spiro atoms. The van der Waals surface area contributed by atoms with Crippen LogP contribution in [0, 0.1) is 0 Å². The number of benzene rings is 1. The molecule has 3 N–H and O–H groups in total. The van der Waals surface area contributed by atoms with E-state index in [0.717, 1.165) is 5.56 Å². The van der Waals surface area contributed by atoms with Crippen molar-refractivity contribution >= 4 is 18.0 Å². The SMILES string of the molecule is CC(C)(C)OC(=O)NC1CCN(C(C)(C)C)[C@@]1(C(N)=O)C(=O)OCc1ccccc1. The lowest BCUT2D eigenvalue weighted by Gasteiger charge is -2.44. The third kappa shape index (κ3) is 5.11. The number of carbonyl (C=O) groups is 3. The Morgan fingerprint density at radius 2 is 1.73 bits per heavy atom. The van der Waals surface area contributed by atoms with Gasteiger partial charge in [-0.2, -0.15) is 0 Å². The first-order chi connectivity index (χ1) is 13.8. The summed E-state index contributed by atoms with van der Waals surface area (Å²) in [5.41, 5.74) is 3.44. The van der Waals surface area contributed by atoms with E-state index in [9.17, 15) is 14.4 Å². The number of esters is 1. The van der Waals surface area contributed by atoms with Crippen LogP contribution >= 0.6 is 0 Å². The molecule has 0 saturated carbocycles. The van der Waals surface area contributed by atoms with Gasteiger partial charge < -0.3 is 20.5 Å². The molecule has 166 valence electrons. The maximum Gasteiger partial charge on any atom is 0.407 e. The molecule has 8 heteroatoms. The van der Waals surface area contributed by atoms with Crippen LogP contribution in [0.1, 0.15) is 53.5 Å². The molecule has 1 aromatic rings. The lowest BCUT2D eigenvalue weighted by Crippen LogP contribution is -2.71. The Hall–Kier alpha value is -2.61. The predicted molar refractivity (Wildman–Crippen MR) is 112 cm³/mol. The minimum Gasteiger partial charge on any atom is -0.459 e. The third-order valence-electron chi connectivity index (χ3n) is 4.97. The van der Waals surface area contributed by atoms with Gasteiger partial charge in [-0.1, -0.05) is 30.3 Å².